The Morgan fingerprint density at radius 2 is 2.06 bits per heavy atom. The van der Waals surface area contributed by atoms with Crippen LogP contribution in [0.3, 0.4) is 0 Å². The maximum atomic E-state index is 10.1. The molecule has 1 aromatic rings. The Morgan fingerprint density at radius 1 is 1.38 bits per heavy atom. The van der Waals surface area contributed by atoms with Gasteiger partial charge in [0.15, 0.2) is 0 Å². The molecule has 86 valence electrons. The van der Waals surface area contributed by atoms with E-state index in [0.29, 0.717) is 17.2 Å². The number of aryl methyl sites for hydroxylation is 1. The van der Waals surface area contributed by atoms with Gasteiger partial charge in [-0.1, -0.05) is 27.2 Å². The van der Waals surface area contributed by atoms with E-state index in [1.807, 2.05) is 6.07 Å². The molecular formula is C14H19NO. The number of benzene rings is 1. The van der Waals surface area contributed by atoms with Gasteiger partial charge >= 0.3 is 0 Å². The van der Waals surface area contributed by atoms with Gasteiger partial charge in [-0.25, -0.2) is 0 Å². The second-order valence-corrected chi connectivity index (χ2v) is 4.24. The van der Waals surface area contributed by atoms with E-state index >= 15 is 0 Å². The quantitative estimate of drug-likeness (QED) is 0.835. The molecule has 1 N–H and O–H groups in total. The van der Waals surface area contributed by atoms with Gasteiger partial charge in [-0.05, 0) is 42.0 Å². The molecule has 0 heterocycles. The van der Waals surface area contributed by atoms with Crippen molar-refractivity contribution in [2.45, 2.75) is 46.0 Å². The first-order valence-corrected chi connectivity index (χ1v) is 5.89. The van der Waals surface area contributed by atoms with Gasteiger partial charge < -0.3 is 5.11 Å². The van der Waals surface area contributed by atoms with Crippen LogP contribution >= 0.6 is 0 Å². The number of phenolic OH excluding ortho intramolecular Hbond substituents is 1. The number of rotatable bonds is 4. The molecule has 16 heavy (non-hydrogen) atoms. The third-order valence-corrected chi connectivity index (χ3v) is 3.01. The number of hydrogen-bond acceptors (Lipinski definition) is 2. The lowest BCUT2D eigenvalue weighted by Gasteiger charge is -2.15. The van der Waals surface area contributed by atoms with E-state index in [-0.39, 0.29) is 0 Å². The maximum absolute atomic E-state index is 10.1. The van der Waals surface area contributed by atoms with E-state index < -0.39 is 0 Å². The Balaban J connectivity index is 3.26. The predicted molar refractivity (Wildman–Crippen MR) is 65.5 cm³/mol. The second kappa shape index (κ2) is 5.55. The molecule has 1 atom stereocenters. The standard InChI is InChI=1S/C14H19NO/c1-4-6-12-7-11(9-15)8-13(14(12)16)10(3)5-2/h7-8,10,16H,4-6H2,1-3H3. The molecule has 0 saturated carbocycles. The van der Waals surface area contributed by atoms with Gasteiger partial charge in [0.2, 0.25) is 0 Å². The summed E-state index contributed by atoms with van der Waals surface area (Å²) in [6.45, 7) is 6.23. The Morgan fingerprint density at radius 3 is 2.56 bits per heavy atom. The summed E-state index contributed by atoms with van der Waals surface area (Å²) in [6, 6.07) is 5.77. The number of hydrogen-bond donors (Lipinski definition) is 1. The minimum atomic E-state index is 0.295. The Bertz CT molecular complexity index is 404. The molecule has 0 amide bonds. The van der Waals surface area contributed by atoms with Crippen molar-refractivity contribution in [1.29, 1.82) is 5.26 Å². The molecule has 0 bridgehead atoms. The van der Waals surface area contributed by atoms with E-state index in [0.717, 1.165) is 30.4 Å². The Hall–Kier alpha value is -1.49. The van der Waals surface area contributed by atoms with Crippen LogP contribution in [0.15, 0.2) is 12.1 Å². The molecular weight excluding hydrogens is 198 g/mol. The third kappa shape index (κ3) is 2.55. The Labute approximate surface area is 97.5 Å². The van der Waals surface area contributed by atoms with Crippen LogP contribution in [0.1, 0.15) is 56.2 Å². The van der Waals surface area contributed by atoms with E-state index in [1.54, 1.807) is 6.07 Å². The smallest absolute Gasteiger partial charge is 0.122 e. The van der Waals surface area contributed by atoms with Crippen LogP contribution in [0.5, 0.6) is 5.75 Å². The van der Waals surface area contributed by atoms with Gasteiger partial charge in [-0.2, -0.15) is 5.26 Å². The molecule has 0 aromatic heterocycles. The number of nitrogens with zero attached hydrogens (tertiary/aromatic N) is 1. The highest BCUT2D eigenvalue weighted by atomic mass is 16.3. The van der Waals surface area contributed by atoms with Crippen molar-refractivity contribution in [1.82, 2.24) is 0 Å². The van der Waals surface area contributed by atoms with Crippen molar-refractivity contribution < 1.29 is 5.11 Å². The predicted octanol–water partition coefficient (Wildman–Crippen LogP) is 3.73. The van der Waals surface area contributed by atoms with E-state index in [1.165, 1.54) is 0 Å². The first kappa shape index (κ1) is 12.6. The van der Waals surface area contributed by atoms with Crippen molar-refractivity contribution in [3.63, 3.8) is 0 Å². The first-order valence-electron chi connectivity index (χ1n) is 5.89. The number of nitriles is 1. The highest BCUT2D eigenvalue weighted by Gasteiger charge is 2.13. The molecule has 2 heteroatoms. The SMILES string of the molecule is CCCc1cc(C#N)cc(C(C)CC)c1O. The maximum Gasteiger partial charge on any atom is 0.122 e. The van der Waals surface area contributed by atoms with Crippen LogP contribution in [-0.2, 0) is 6.42 Å². The van der Waals surface area contributed by atoms with Crippen LogP contribution in [0.25, 0.3) is 0 Å². The van der Waals surface area contributed by atoms with E-state index in [4.69, 9.17) is 5.26 Å². The normalized spacial score (nSPS) is 12.1. The minimum absolute atomic E-state index is 0.295. The molecule has 1 unspecified atom stereocenters. The van der Waals surface area contributed by atoms with E-state index in [9.17, 15) is 5.11 Å². The van der Waals surface area contributed by atoms with Gasteiger partial charge in [-0.3, -0.25) is 0 Å². The van der Waals surface area contributed by atoms with Gasteiger partial charge in [0.1, 0.15) is 5.75 Å². The monoisotopic (exact) mass is 217 g/mol. The first-order chi connectivity index (χ1) is 7.63. The molecule has 1 aromatic carbocycles. The molecule has 0 aliphatic rings. The lowest BCUT2D eigenvalue weighted by molar-refractivity contribution is 0.454. The van der Waals surface area contributed by atoms with Crippen LogP contribution < -0.4 is 0 Å². The van der Waals surface area contributed by atoms with Crippen molar-refractivity contribution >= 4 is 0 Å². The molecule has 2 nitrogen and oxygen atoms in total. The van der Waals surface area contributed by atoms with Crippen molar-refractivity contribution in [2.24, 2.45) is 0 Å². The fourth-order valence-electron chi connectivity index (χ4n) is 1.84. The highest BCUT2D eigenvalue weighted by Crippen LogP contribution is 2.32. The van der Waals surface area contributed by atoms with Crippen LogP contribution in [0.2, 0.25) is 0 Å². The van der Waals surface area contributed by atoms with Crippen LogP contribution in [0.4, 0.5) is 0 Å². The van der Waals surface area contributed by atoms with Crippen molar-refractivity contribution in [3.05, 3.63) is 28.8 Å². The van der Waals surface area contributed by atoms with Crippen LogP contribution in [-0.4, -0.2) is 5.11 Å². The summed E-state index contributed by atoms with van der Waals surface area (Å²) >= 11 is 0. The van der Waals surface area contributed by atoms with Gasteiger partial charge in [-0.15, -0.1) is 0 Å². The summed E-state index contributed by atoms with van der Waals surface area (Å²) in [7, 11) is 0. The highest BCUT2D eigenvalue weighted by molar-refractivity contribution is 5.49. The number of phenols is 1. The molecule has 0 radical (unpaired) electrons. The summed E-state index contributed by atoms with van der Waals surface area (Å²) in [6.07, 6.45) is 2.77. The molecule has 0 aliphatic heterocycles. The molecule has 0 fully saturated rings. The van der Waals surface area contributed by atoms with Crippen molar-refractivity contribution in [2.75, 3.05) is 0 Å². The summed E-state index contributed by atoms with van der Waals surface area (Å²) in [5.41, 5.74) is 2.46. The average molecular weight is 217 g/mol. The zero-order chi connectivity index (χ0) is 12.1. The second-order valence-electron chi connectivity index (χ2n) is 4.24. The van der Waals surface area contributed by atoms with E-state index in [2.05, 4.69) is 26.8 Å². The van der Waals surface area contributed by atoms with Gasteiger partial charge in [0, 0.05) is 0 Å². The fraction of sp³-hybridized carbons (Fsp3) is 0.500. The molecule has 0 saturated heterocycles. The van der Waals surface area contributed by atoms with Gasteiger partial charge in [0.25, 0.3) is 0 Å². The zero-order valence-electron chi connectivity index (χ0n) is 10.2. The summed E-state index contributed by atoms with van der Waals surface area (Å²) < 4.78 is 0. The molecule has 1 rings (SSSR count). The summed E-state index contributed by atoms with van der Waals surface area (Å²) in [5.74, 6) is 0.680. The lowest BCUT2D eigenvalue weighted by Crippen LogP contribution is -1.97. The summed E-state index contributed by atoms with van der Waals surface area (Å²) in [4.78, 5) is 0. The zero-order valence-corrected chi connectivity index (χ0v) is 10.2. The topological polar surface area (TPSA) is 44.0 Å². The largest absolute Gasteiger partial charge is 0.507 e. The average Bonchev–Trinajstić information content (AvgIpc) is 2.31. The summed E-state index contributed by atoms with van der Waals surface area (Å²) in [5, 5.41) is 19.1. The number of aromatic hydroxyl groups is 1. The van der Waals surface area contributed by atoms with Crippen LogP contribution in [0, 0.1) is 11.3 Å². The van der Waals surface area contributed by atoms with Crippen molar-refractivity contribution in [3.8, 4) is 11.8 Å². The molecule has 0 spiro atoms. The minimum Gasteiger partial charge on any atom is -0.507 e. The van der Waals surface area contributed by atoms with Gasteiger partial charge in [0.05, 0.1) is 11.6 Å². The third-order valence-electron chi connectivity index (χ3n) is 3.01. The lowest BCUT2D eigenvalue weighted by atomic mass is 9.92. The fourth-order valence-corrected chi connectivity index (χ4v) is 1.84. The molecule has 0 aliphatic carbocycles. The Kier molecular flexibility index (Phi) is 4.37.